The summed E-state index contributed by atoms with van der Waals surface area (Å²) >= 11 is 0. The Balaban J connectivity index is 0.901. The smallest absolute Gasteiger partial charge is 0.429 e. The number of anilines is 2. The molecule has 1 heterocycles. The Morgan fingerprint density at radius 3 is 1.97 bits per heavy atom. The maximum atomic E-state index is 13.6. The zero-order valence-corrected chi connectivity index (χ0v) is 43.6. The van der Waals surface area contributed by atoms with Crippen LogP contribution < -0.4 is 42.0 Å². The molecule has 0 aromatic heterocycles. The molecule has 1 aliphatic rings. The lowest BCUT2D eigenvalue weighted by atomic mass is 10.0. The Morgan fingerprint density at radius 2 is 1.31 bits per heavy atom. The van der Waals surface area contributed by atoms with Crippen LogP contribution >= 0.6 is 0 Å². The number of nitro groups is 1. The first-order valence-electron chi connectivity index (χ1n) is 25.4. The number of urea groups is 1. The predicted molar refractivity (Wildman–Crippen MR) is 285 cm³/mol. The fourth-order valence-electron chi connectivity index (χ4n) is 7.49. The number of amides is 7. The Kier molecular flexibility index (Phi) is 25.5. The number of hydrogen-bond donors (Lipinski definition) is 6. The van der Waals surface area contributed by atoms with Gasteiger partial charge in [0.2, 0.25) is 29.5 Å². The summed E-state index contributed by atoms with van der Waals surface area (Å²) in [5.74, 6) is 4.02. The molecule has 0 aliphatic carbocycles. The van der Waals surface area contributed by atoms with Crippen molar-refractivity contribution in [3.8, 4) is 17.6 Å². The van der Waals surface area contributed by atoms with E-state index in [0.717, 1.165) is 22.4 Å². The summed E-state index contributed by atoms with van der Waals surface area (Å²) in [5, 5.41) is 24.3. The highest BCUT2D eigenvalue weighted by atomic mass is 16.7. The van der Waals surface area contributed by atoms with E-state index >= 15 is 0 Å². The number of fused-ring (bicyclic) bond motifs is 2. The van der Waals surface area contributed by atoms with Gasteiger partial charge in [-0.25, -0.2) is 9.59 Å². The Bertz CT molecular complexity index is 2710. The molecule has 0 unspecified atom stereocenters. The number of nitro benzene ring substituents is 1. The maximum absolute atomic E-state index is 13.6. The molecule has 7 N–H and O–H groups in total. The van der Waals surface area contributed by atoms with E-state index < -0.39 is 46.9 Å². The second-order valence-electron chi connectivity index (χ2n) is 17.8. The van der Waals surface area contributed by atoms with Crippen LogP contribution in [-0.4, -0.2) is 125 Å². The van der Waals surface area contributed by atoms with Crippen molar-refractivity contribution >= 4 is 58.8 Å². The van der Waals surface area contributed by atoms with Crippen LogP contribution in [0.3, 0.4) is 0 Å². The summed E-state index contributed by atoms with van der Waals surface area (Å²) in [6, 6.07) is 23.6. The number of nitrogens with zero attached hydrogens (tertiary/aromatic N) is 2. The van der Waals surface area contributed by atoms with Crippen molar-refractivity contribution in [2.24, 2.45) is 11.7 Å². The zero-order valence-electron chi connectivity index (χ0n) is 43.6. The summed E-state index contributed by atoms with van der Waals surface area (Å²) in [6.07, 6.45) is -0.626. The number of nitrogens with two attached hydrogens (primary N) is 1. The Hall–Kier alpha value is -8.43. The molecule has 2 atom stereocenters. The maximum Gasteiger partial charge on any atom is 0.514 e. The van der Waals surface area contributed by atoms with Crippen LogP contribution in [-0.2, 0) is 60.8 Å². The third-order valence-electron chi connectivity index (χ3n) is 11.6. The number of benzene rings is 4. The van der Waals surface area contributed by atoms with Crippen molar-refractivity contribution in [2.75, 3.05) is 76.2 Å². The molecule has 1 aliphatic heterocycles. The number of para-hydroxylation sites is 1. The number of nitrogens with one attached hydrogen (secondary N) is 5. The fraction of sp³-hybridized carbons (Fsp3) is 0.400. The predicted octanol–water partition coefficient (Wildman–Crippen LogP) is 4.62. The lowest BCUT2D eigenvalue weighted by molar-refractivity contribution is -0.384. The molecule has 0 fully saturated rings. The van der Waals surface area contributed by atoms with Gasteiger partial charge in [0, 0.05) is 61.3 Å². The number of rotatable bonds is 32. The average Bonchev–Trinajstić information content (AvgIpc) is 3.42. The van der Waals surface area contributed by atoms with Crippen LogP contribution in [0.1, 0.15) is 68.2 Å². The van der Waals surface area contributed by atoms with Crippen molar-refractivity contribution < 1.29 is 66.9 Å². The summed E-state index contributed by atoms with van der Waals surface area (Å²) in [7, 11) is 0. The lowest BCUT2D eigenvalue weighted by Gasteiger charge is -2.26. The van der Waals surface area contributed by atoms with Crippen molar-refractivity contribution in [1.82, 2.24) is 21.3 Å². The molecular formula is C55H66N8O15. The van der Waals surface area contributed by atoms with Crippen LogP contribution in [0, 0.1) is 27.9 Å². The minimum Gasteiger partial charge on any atom is -0.429 e. The van der Waals surface area contributed by atoms with Crippen molar-refractivity contribution in [3.63, 3.8) is 0 Å². The van der Waals surface area contributed by atoms with Crippen LogP contribution in [0.2, 0.25) is 0 Å². The van der Waals surface area contributed by atoms with E-state index in [-0.39, 0.29) is 107 Å². The molecule has 4 aromatic carbocycles. The second kappa shape index (κ2) is 32.9. The highest BCUT2D eigenvalue weighted by Crippen LogP contribution is 2.26. The topological polar surface area (TPSA) is 307 Å². The number of carbonyl (C=O) groups is 7. The van der Waals surface area contributed by atoms with E-state index in [1.165, 1.54) is 24.3 Å². The van der Waals surface area contributed by atoms with Gasteiger partial charge in [0.1, 0.15) is 24.4 Å². The van der Waals surface area contributed by atoms with Gasteiger partial charge < -0.3 is 65.6 Å². The molecular weight excluding hydrogens is 1010 g/mol. The second-order valence-corrected chi connectivity index (χ2v) is 17.8. The zero-order chi connectivity index (χ0) is 56.1. The minimum atomic E-state index is -1.08. The van der Waals surface area contributed by atoms with E-state index in [2.05, 4.69) is 38.4 Å². The van der Waals surface area contributed by atoms with Gasteiger partial charge in [-0.3, -0.25) is 34.1 Å². The molecule has 7 amide bonds. The molecule has 0 saturated carbocycles. The van der Waals surface area contributed by atoms with Gasteiger partial charge in [-0.2, -0.15) is 0 Å². The van der Waals surface area contributed by atoms with E-state index in [1.54, 1.807) is 43.0 Å². The standard InChI is InChI=1S/C55H66N8O15/c1-38(2)51(53(68)60-46(11-7-26-58-54(56)69)52(67)59-43-17-13-39(14-18-43)37-77-55(70)78-45-21-19-44(20-22-45)63(71)72)61-49(65)25-28-73-30-32-75-34-35-76-33-31-74-29-27-57-48(64)23-24-50(66)62-36-42-10-4-3-8-40(42)15-16-41-9-5-6-12-47(41)62/h3-6,8-10,12-14,17-22,38,46,51H,7,11,23-37H2,1-2H3,(H,57,64)(H,59,67)(H,60,68)(H,61,65)(H3,56,58,69)/t46-,51-/m0/s1. The molecule has 78 heavy (non-hydrogen) atoms. The van der Waals surface area contributed by atoms with E-state index in [1.807, 2.05) is 48.5 Å². The molecule has 416 valence electrons. The molecule has 23 nitrogen and oxygen atoms in total. The SMILES string of the molecule is CC(C)[C@H](NC(=O)CCOCCOCCOCCOCCNC(=O)CCC(=O)N1Cc2ccccc2C#Cc2ccccc21)C(=O)N[C@@H](CCCNC(N)=O)C(=O)Nc1ccc(COC(=O)Oc2ccc([N+](=O)[O-])cc2)cc1. The van der Waals surface area contributed by atoms with Crippen molar-refractivity contribution in [1.29, 1.82) is 0 Å². The van der Waals surface area contributed by atoms with Gasteiger partial charge in [0.15, 0.2) is 0 Å². The first kappa shape index (κ1) is 60.4. The number of primary amides is 1. The van der Waals surface area contributed by atoms with Gasteiger partial charge >= 0.3 is 12.2 Å². The molecule has 0 bridgehead atoms. The largest absolute Gasteiger partial charge is 0.514 e. The fourth-order valence-corrected chi connectivity index (χ4v) is 7.49. The number of non-ortho nitro benzene ring substituents is 1. The van der Waals surface area contributed by atoms with Crippen molar-refractivity contribution in [3.05, 3.63) is 129 Å². The molecule has 23 heteroatoms. The molecule has 0 saturated heterocycles. The summed E-state index contributed by atoms with van der Waals surface area (Å²) in [6.45, 7) is 6.08. The van der Waals surface area contributed by atoms with Crippen LogP contribution in [0.25, 0.3) is 0 Å². The summed E-state index contributed by atoms with van der Waals surface area (Å²) in [5.41, 5.74) is 9.19. The van der Waals surface area contributed by atoms with Gasteiger partial charge in [-0.15, -0.1) is 0 Å². The van der Waals surface area contributed by atoms with Crippen LogP contribution in [0.5, 0.6) is 5.75 Å². The Morgan fingerprint density at radius 1 is 0.679 bits per heavy atom. The summed E-state index contributed by atoms with van der Waals surface area (Å²) in [4.78, 5) is 101. The molecule has 0 spiro atoms. The molecule has 4 aromatic rings. The van der Waals surface area contributed by atoms with Gasteiger partial charge in [-0.1, -0.05) is 68.2 Å². The minimum absolute atomic E-state index is 0.0334. The number of carbonyl (C=O) groups excluding carboxylic acids is 7. The van der Waals surface area contributed by atoms with E-state index in [9.17, 15) is 43.7 Å². The first-order valence-corrected chi connectivity index (χ1v) is 25.4. The number of ether oxygens (including phenoxy) is 6. The van der Waals surface area contributed by atoms with Crippen LogP contribution in [0.4, 0.5) is 26.7 Å². The quantitative estimate of drug-likeness (QED) is 0.00971. The van der Waals surface area contributed by atoms with E-state index in [4.69, 9.17) is 34.2 Å². The molecule has 5 rings (SSSR count). The Labute approximate surface area is 451 Å². The third kappa shape index (κ3) is 21.7. The third-order valence-corrected chi connectivity index (χ3v) is 11.6. The lowest BCUT2D eigenvalue weighted by Crippen LogP contribution is -2.54. The van der Waals surface area contributed by atoms with Gasteiger partial charge in [-0.05, 0) is 72.4 Å². The molecule has 0 radical (unpaired) electrons. The number of hydrogen-bond acceptors (Lipinski definition) is 15. The van der Waals surface area contributed by atoms with Crippen molar-refractivity contribution in [2.45, 2.75) is 71.2 Å². The first-order chi connectivity index (χ1) is 37.7. The highest BCUT2D eigenvalue weighted by Gasteiger charge is 2.29. The van der Waals surface area contributed by atoms with Gasteiger partial charge in [0.25, 0.3) is 5.69 Å². The van der Waals surface area contributed by atoms with E-state index in [0.29, 0.717) is 44.2 Å². The summed E-state index contributed by atoms with van der Waals surface area (Å²) < 4.78 is 32.3. The monoisotopic (exact) mass is 1080 g/mol. The highest BCUT2D eigenvalue weighted by molar-refractivity contribution is 5.99. The normalized spacial score (nSPS) is 12.2. The van der Waals surface area contributed by atoms with Gasteiger partial charge in [0.05, 0.1) is 70.0 Å². The van der Waals surface area contributed by atoms with Crippen LogP contribution in [0.15, 0.2) is 97.1 Å². The average molecular weight is 1080 g/mol.